The van der Waals surface area contributed by atoms with Crippen LogP contribution in [0, 0.1) is 5.92 Å². The summed E-state index contributed by atoms with van der Waals surface area (Å²) in [6.07, 6.45) is -11.3. The predicted octanol–water partition coefficient (Wildman–Crippen LogP) is 5.11. The Morgan fingerprint density at radius 1 is 0.960 bits per heavy atom. The van der Waals surface area contributed by atoms with Gasteiger partial charge in [0.2, 0.25) is 0 Å². The molecule has 4 nitrogen and oxygen atoms in total. The van der Waals surface area contributed by atoms with Gasteiger partial charge in [0, 0.05) is 12.8 Å². The largest absolute Gasteiger partial charge is 0.481 e. The Hall–Kier alpha value is -1.48. The highest BCUT2D eigenvalue weighted by molar-refractivity contribution is 5.78. The van der Waals surface area contributed by atoms with Crippen LogP contribution in [-0.2, 0) is 14.3 Å². The van der Waals surface area contributed by atoms with Gasteiger partial charge in [0.05, 0.1) is 12.3 Å². The first-order valence-corrected chi connectivity index (χ1v) is 7.55. The molecule has 1 unspecified atom stereocenters. The molecule has 0 aromatic heterocycles. The quantitative estimate of drug-likeness (QED) is 0.512. The third kappa shape index (κ3) is 20.5. The van der Waals surface area contributed by atoms with Crippen molar-refractivity contribution < 1.29 is 45.8 Å². The van der Waals surface area contributed by atoms with Crippen LogP contribution < -0.4 is 0 Å². The molecule has 1 atom stereocenters. The predicted molar refractivity (Wildman–Crippen MR) is 77.8 cm³/mol. The fourth-order valence-electron chi connectivity index (χ4n) is 1.52. The number of esters is 1. The van der Waals surface area contributed by atoms with E-state index in [1.54, 1.807) is 20.8 Å². The average Bonchev–Trinajstić information content (AvgIpc) is 2.29. The van der Waals surface area contributed by atoms with E-state index in [2.05, 4.69) is 0 Å². The lowest BCUT2D eigenvalue weighted by atomic mass is 9.99. The molecule has 0 amide bonds. The Kier molecular flexibility index (Phi) is 10.8. The highest BCUT2D eigenvalue weighted by Gasteiger charge is 2.32. The van der Waals surface area contributed by atoms with E-state index in [1.165, 1.54) is 6.92 Å². The van der Waals surface area contributed by atoms with Crippen LogP contribution in [-0.4, -0.2) is 35.0 Å². The number of carboxylic acids is 1. The van der Waals surface area contributed by atoms with Crippen LogP contribution in [0.25, 0.3) is 0 Å². The number of halogens is 6. The Morgan fingerprint density at radius 3 is 1.64 bits per heavy atom. The van der Waals surface area contributed by atoms with Gasteiger partial charge in [-0.05, 0) is 33.6 Å². The molecule has 0 saturated heterocycles. The van der Waals surface area contributed by atoms with E-state index < -0.39 is 61.5 Å². The number of hydrogen-bond donors (Lipinski definition) is 1. The monoisotopic (exact) mass is 382 g/mol. The van der Waals surface area contributed by atoms with Crippen molar-refractivity contribution in [1.29, 1.82) is 0 Å². The maximum absolute atomic E-state index is 12.0. The second-order valence-electron chi connectivity index (χ2n) is 6.34. The highest BCUT2D eigenvalue weighted by atomic mass is 19.4. The number of carboxylic acid groups (broad SMARTS) is 1. The van der Waals surface area contributed by atoms with Gasteiger partial charge in [-0.3, -0.25) is 9.59 Å². The number of carbonyl (C=O) groups is 2. The lowest BCUT2D eigenvalue weighted by Crippen LogP contribution is -2.28. The minimum absolute atomic E-state index is 0.184. The van der Waals surface area contributed by atoms with Crippen molar-refractivity contribution in [2.24, 2.45) is 5.92 Å². The molecule has 0 aromatic carbocycles. The lowest BCUT2D eigenvalue weighted by molar-refractivity contribution is -0.162. The van der Waals surface area contributed by atoms with Gasteiger partial charge in [-0.2, -0.15) is 26.3 Å². The molecule has 25 heavy (non-hydrogen) atoms. The molecule has 0 bridgehead atoms. The van der Waals surface area contributed by atoms with E-state index in [0.29, 0.717) is 0 Å². The SMILES string of the molecule is CC(C)(C)OC(=O)CC(CCC(F)(F)F)C(=O)O.CCCC(F)(F)F. The van der Waals surface area contributed by atoms with Crippen molar-refractivity contribution in [2.75, 3.05) is 0 Å². The molecule has 0 aromatic rings. The maximum atomic E-state index is 12.0. The summed E-state index contributed by atoms with van der Waals surface area (Å²) in [5.41, 5.74) is -0.788. The zero-order chi connectivity index (χ0) is 20.5. The number of alkyl halides is 6. The standard InChI is InChI=1S/C11H17F3O4.C4H7F3/c1-10(2,3)18-8(15)6-7(9(16)17)4-5-11(12,13)14;1-2-3-4(5,6)7/h7H,4-6H2,1-3H3,(H,16,17);2-3H2,1H3. The van der Waals surface area contributed by atoms with Crippen LogP contribution in [0.3, 0.4) is 0 Å². The normalized spacial score (nSPS) is 13.5. The molecule has 0 spiro atoms. The zero-order valence-corrected chi connectivity index (χ0v) is 14.6. The van der Waals surface area contributed by atoms with Gasteiger partial charge in [-0.15, -0.1) is 0 Å². The molecular weight excluding hydrogens is 358 g/mol. The second kappa shape index (κ2) is 10.5. The van der Waals surface area contributed by atoms with Gasteiger partial charge >= 0.3 is 24.3 Å². The Balaban J connectivity index is 0. The molecule has 0 heterocycles. The van der Waals surface area contributed by atoms with Crippen molar-refractivity contribution in [3.05, 3.63) is 0 Å². The fraction of sp³-hybridized carbons (Fsp3) is 0.867. The van der Waals surface area contributed by atoms with Crippen molar-refractivity contribution in [2.45, 2.75) is 77.8 Å². The smallest absolute Gasteiger partial charge is 0.389 e. The van der Waals surface area contributed by atoms with Crippen LogP contribution in [0.2, 0.25) is 0 Å². The molecule has 0 rings (SSSR count). The minimum Gasteiger partial charge on any atom is -0.481 e. The molecule has 0 aliphatic heterocycles. The lowest BCUT2D eigenvalue weighted by Gasteiger charge is -2.21. The molecule has 0 saturated carbocycles. The highest BCUT2D eigenvalue weighted by Crippen LogP contribution is 2.26. The third-order valence-corrected chi connectivity index (χ3v) is 2.49. The van der Waals surface area contributed by atoms with Gasteiger partial charge in [-0.25, -0.2) is 0 Å². The van der Waals surface area contributed by atoms with Crippen LogP contribution in [0.1, 0.15) is 59.8 Å². The van der Waals surface area contributed by atoms with E-state index in [1.807, 2.05) is 0 Å². The fourth-order valence-corrected chi connectivity index (χ4v) is 1.52. The number of rotatable bonds is 6. The van der Waals surface area contributed by atoms with E-state index in [0.717, 1.165) is 0 Å². The van der Waals surface area contributed by atoms with Crippen LogP contribution in [0.4, 0.5) is 26.3 Å². The third-order valence-electron chi connectivity index (χ3n) is 2.49. The summed E-state index contributed by atoms with van der Waals surface area (Å²) in [5, 5.41) is 8.74. The van der Waals surface area contributed by atoms with Crippen LogP contribution >= 0.6 is 0 Å². The van der Waals surface area contributed by atoms with Gasteiger partial charge in [0.25, 0.3) is 0 Å². The van der Waals surface area contributed by atoms with Crippen molar-refractivity contribution >= 4 is 11.9 Å². The van der Waals surface area contributed by atoms with Gasteiger partial charge < -0.3 is 9.84 Å². The summed E-state index contributed by atoms with van der Waals surface area (Å²) in [5.74, 6) is -3.61. The molecule has 0 aliphatic rings. The van der Waals surface area contributed by atoms with Gasteiger partial charge in [-0.1, -0.05) is 6.92 Å². The van der Waals surface area contributed by atoms with Crippen LogP contribution in [0.15, 0.2) is 0 Å². The van der Waals surface area contributed by atoms with Crippen LogP contribution in [0.5, 0.6) is 0 Å². The first kappa shape index (κ1) is 25.8. The van der Waals surface area contributed by atoms with E-state index in [4.69, 9.17) is 9.84 Å². The van der Waals surface area contributed by atoms with Crippen molar-refractivity contribution in [3.8, 4) is 0 Å². The summed E-state index contributed by atoms with van der Waals surface area (Å²) in [6.45, 7) is 6.29. The topological polar surface area (TPSA) is 63.6 Å². The number of carbonyl (C=O) groups excluding carboxylic acids is 1. The molecular formula is C15H24F6O4. The second-order valence-corrected chi connectivity index (χ2v) is 6.34. The molecule has 150 valence electrons. The minimum atomic E-state index is -4.43. The molecule has 0 radical (unpaired) electrons. The average molecular weight is 382 g/mol. The summed E-state index contributed by atoms with van der Waals surface area (Å²) >= 11 is 0. The molecule has 10 heteroatoms. The Bertz CT molecular complexity index is 410. The first-order chi connectivity index (χ1) is 11.0. The van der Waals surface area contributed by atoms with Crippen molar-refractivity contribution in [1.82, 2.24) is 0 Å². The number of ether oxygens (including phenoxy) is 1. The van der Waals surface area contributed by atoms with Gasteiger partial charge in [0.15, 0.2) is 0 Å². The molecule has 1 N–H and O–H groups in total. The van der Waals surface area contributed by atoms with E-state index >= 15 is 0 Å². The Morgan fingerprint density at radius 2 is 1.40 bits per heavy atom. The summed E-state index contributed by atoms with van der Waals surface area (Å²) < 4.78 is 74.0. The van der Waals surface area contributed by atoms with E-state index in [-0.39, 0.29) is 6.42 Å². The summed E-state index contributed by atoms with van der Waals surface area (Å²) in [7, 11) is 0. The van der Waals surface area contributed by atoms with Gasteiger partial charge in [0.1, 0.15) is 5.60 Å². The number of hydrogen-bond acceptors (Lipinski definition) is 3. The number of aliphatic carboxylic acids is 1. The molecule has 0 fully saturated rings. The maximum Gasteiger partial charge on any atom is 0.389 e. The first-order valence-electron chi connectivity index (χ1n) is 7.55. The zero-order valence-electron chi connectivity index (χ0n) is 14.6. The van der Waals surface area contributed by atoms with E-state index in [9.17, 15) is 35.9 Å². The summed E-state index contributed by atoms with van der Waals surface area (Å²) in [6, 6.07) is 0. The summed E-state index contributed by atoms with van der Waals surface area (Å²) in [4.78, 5) is 22.1. The van der Waals surface area contributed by atoms with Crippen molar-refractivity contribution in [3.63, 3.8) is 0 Å². The molecule has 0 aliphatic carbocycles. The Labute approximate surface area is 142 Å².